The first-order chi connectivity index (χ1) is 14.1. The average molecular weight is 393 g/mol. The van der Waals surface area contributed by atoms with E-state index in [1.54, 1.807) is 12.1 Å². The normalized spacial score (nSPS) is 10.4. The third-order valence-corrected chi connectivity index (χ3v) is 4.52. The molecule has 29 heavy (non-hydrogen) atoms. The van der Waals surface area contributed by atoms with E-state index in [0.717, 1.165) is 24.3 Å². The molecule has 0 saturated heterocycles. The molecule has 0 aliphatic rings. The van der Waals surface area contributed by atoms with Crippen LogP contribution in [0, 0.1) is 5.82 Å². The Morgan fingerprint density at radius 2 is 1.66 bits per heavy atom. The number of aromatic nitrogens is 2. The van der Waals surface area contributed by atoms with Crippen LogP contribution in [0.25, 0.3) is 0 Å². The Hall–Kier alpha value is -3.48. The highest BCUT2D eigenvalue weighted by Crippen LogP contribution is 2.20. The van der Waals surface area contributed by atoms with Crippen LogP contribution >= 0.6 is 0 Å². The fourth-order valence-electron chi connectivity index (χ4n) is 2.88. The number of hydrogen-bond acceptors (Lipinski definition) is 5. The van der Waals surface area contributed by atoms with E-state index < -0.39 is 0 Å². The summed E-state index contributed by atoms with van der Waals surface area (Å²) >= 11 is 0. The highest BCUT2D eigenvalue weighted by atomic mass is 19.1. The summed E-state index contributed by atoms with van der Waals surface area (Å²) in [7, 11) is 0. The lowest BCUT2D eigenvalue weighted by Crippen LogP contribution is -2.24. The first-order valence-electron chi connectivity index (χ1n) is 9.55. The molecule has 0 saturated carbocycles. The van der Waals surface area contributed by atoms with Gasteiger partial charge >= 0.3 is 0 Å². The van der Waals surface area contributed by atoms with E-state index in [1.807, 2.05) is 12.1 Å². The van der Waals surface area contributed by atoms with Gasteiger partial charge in [-0.05, 0) is 55.8 Å². The number of halogens is 1. The monoisotopic (exact) mass is 393 g/mol. The van der Waals surface area contributed by atoms with Crippen molar-refractivity contribution in [1.29, 1.82) is 0 Å². The van der Waals surface area contributed by atoms with Crippen molar-refractivity contribution in [3.8, 4) is 0 Å². The lowest BCUT2D eigenvalue weighted by atomic mass is 10.2. The second-order valence-electron chi connectivity index (χ2n) is 6.44. The van der Waals surface area contributed by atoms with Gasteiger partial charge in [-0.15, -0.1) is 0 Å². The maximum atomic E-state index is 12.9. The molecule has 1 amide bonds. The third kappa shape index (κ3) is 5.51. The summed E-state index contributed by atoms with van der Waals surface area (Å²) in [5.41, 5.74) is 3.08. The number of carbonyl (C=O) groups excluding carboxylic acids is 1. The molecule has 2 N–H and O–H groups in total. The SMILES string of the molecule is CCN(CC)c1ccc(Nc2cnc(C(=O)NCc3ccc(F)cc3)cn2)cc1. The van der Waals surface area contributed by atoms with E-state index in [-0.39, 0.29) is 17.4 Å². The summed E-state index contributed by atoms with van der Waals surface area (Å²) in [6, 6.07) is 14.0. The smallest absolute Gasteiger partial charge is 0.271 e. The van der Waals surface area contributed by atoms with E-state index >= 15 is 0 Å². The van der Waals surface area contributed by atoms with Crippen LogP contribution in [0.15, 0.2) is 60.9 Å². The molecule has 0 fully saturated rings. The van der Waals surface area contributed by atoms with E-state index in [1.165, 1.54) is 30.2 Å². The number of amides is 1. The number of nitrogens with zero attached hydrogens (tertiary/aromatic N) is 3. The van der Waals surface area contributed by atoms with Gasteiger partial charge < -0.3 is 15.5 Å². The van der Waals surface area contributed by atoms with E-state index in [4.69, 9.17) is 0 Å². The molecule has 0 aliphatic heterocycles. The van der Waals surface area contributed by atoms with Crippen molar-refractivity contribution in [3.63, 3.8) is 0 Å². The van der Waals surface area contributed by atoms with Crippen LogP contribution in [0.5, 0.6) is 0 Å². The summed E-state index contributed by atoms with van der Waals surface area (Å²) in [5, 5.41) is 5.92. The molecule has 3 aromatic rings. The van der Waals surface area contributed by atoms with E-state index in [2.05, 4.69) is 51.5 Å². The fourth-order valence-corrected chi connectivity index (χ4v) is 2.88. The molecule has 0 aliphatic carbocycles. The fraction of sp³-hybridized carbons (Fsp3) is 0.227. The molecular formula is C22H24FN5O. The molecule has 0 radical (unpaired) electrons. The molecule has 0 atom stereocenters. The zero-order valence-electron chi connectivity index (χ0n) is 16.5. The molecule has 0 spiro atoms. The highest BCUT2D eigenvalue weighted by Gasteiger charge is 2.08. The first kappa shape index (κ1) is 20.3. The maximum absolute atomic E-state index is 12.9. The highest BCUT2D eigenvalue weighted by molar-refractivity contribution is 5.92. The largest absolute Gasteiger partial charge is 0.372 e. The quantitative estimate of drug-likeness (QED) is 0.602. The van der Waals surface area contributed by atoms with Gasteiger partial charge in [0.25, 0.3) is 5.91 Å². The van der Waals surface area contributed by atoms with Crippen molar-refractivity contribution in [1.82, 2.24) is 15.3 Å². The van der Waals surface area contributed by atoms with Gasteiger partial charge in [-0.1, -0.05) is 12.1 Å². The summed E-state index contributed by atoms with van der Waals surface area (Å²) in [6.45, 7) is 6.46. The standard InChI is InChI=1S/C22H24FN5O/c1-3-28(4-2)19-11-9-18(10-12-19)27-21-15-24-20(14-25-21)22(29)26-13-16-5-7-17(23)8-6-16/h5-12,14-15H,3-4,13H2,1-2H3,(H,25,27)(H,26,29). The summed E-state index contributed by atoms with van der Waals surface area (Å²) in [5.74, 6) is -0.0932. The van der Waals surface area contributed by atoms with Crippen molar-refractivity contribution in [2.45, 2.75) is 20.4 Å². The van der Waals surface area contributed by atoms with Crippen LogP contribution in [0.2, 0.25) is 0 Å². The summed E-state index contributed by atoms with van der Waals surface area (Å²) < 4.78 is 12.9. The zero-order valence-corrected chi connectivity index (χ0v) is 16.5. The zero-order chi connectivity index (χ0) is 20.6. The predicted octanol–water partition coefficient (Wildman–Crippen LogP) is 4.14. The molecule has 2 aromatic carbocycles. The molecular weight excluding hydrogens is 369 g/mol. The van der Waals surface area contributed by atoms with E-state index in [0.29, 0.717) is 12.4 Å². The van der Waals surface area contributed by atoms with Crippen LogP contribution in [-0.4, -0.2) is 29.0 Å². The Morgan fingerprint density at radius 3 is 2.24 bits per heavy atom. The minimum Gasteiger partial charge on any atom is -0.372 e. The molecule has 3 rings (SSSR count). The van der Waals surface area contributed by atoms with Gasteiger partial charge in [0.15, 0.2) is 0 Å². The molecule has 1 aromatic heterocycles. The van der Waals surface area contributed by atoms with Crippen molar-refractivity contribution in [3.05, 3.63) is 78.0 Å². The number of anilines is 3. The predicted molar refractivity (Wildman–Crippen MR) is 113 cm³/mol. The third-order valence-electron chi connectivity index (χ3n) is 4.52. The number of hydrogen-bond donors (Lipinski definition) is 2. The van der Waals surface area contributed by atoms with Crippen LogP contribution in [0.4, 0.5) is 21.6 Å². The lowest BCUT2D eigenvalue weighted by molar-refractivity contribution is 0.0945. The maximum Gasteiger partial charge on any atom is 0.271 e. The average Bonchev–Trinajstić information content (AvgIpc) is 2.76. The van der Waals surface area contributed by atoms with Crippen LogP contribution in [-0.2, 0) is 6.54 Å². The van der Waals surface area contributed by atoms with Crippen molar-refractivity contribution in [2.75, 3.05) is 23.3 Å². The first-order valence-corrected chi connectivity index (χ1v) is 9.55. The van der Waals surface area contributed by atoms with Crippen LogP contribution in [0.1, 0.15) is 29.9 Å². The van der Waals surface area contributed by atoms with Gasteiger partial charge in [0.1, 0.15) is 17.3 Å². The second kappa shape index (κ2) is 9.64. The Labute approximate surface area is 169 Å². The van der Waals surface area contributed by atoms with Gasteiger partial charge in [-0.2, -0.15) is 0 Å². The van der Waals surface area contributed by atoms with E-state index in [9.17, 15) is 9.18 Å². The minimum absolute atomic E-state index is 0.217. The molecule has 1 heterocycles. The minimum atomic E-state index is -0.336. The Morgan fingerprint density at radius 1 is 0.966 bits per heavy atom. The van der Waals surface area contributed by atoms with Crippen LogP contribution in [0.3, 0.4) is 0 Å². The number of carbonyl (C=O) groups is 1. The van der Waals surface area contributed by atoms with Crippen molar-refractivity contribution in [2.24, 2.45) is 0 Å². The summed E-state index contributed by atoms with van der Waals surface area (Å²) in [6.07, 6.45) is 2.94. The van der Waals surface area contributed by atoms with Gasteiger partial charge in [0, 0.05) is 31.0 Å². The Balaban J connectivity index is 1.56. The van der Waals surface area contributed by atoms with Gasteiger partial charge in [-0.3, -0.25) is 4.79 Å². The van der Waals surface area contributed by atoms with Gasteiger partial charge in [0.05, 0.1) is 12.4 Å². The Bertz CT molecular complexity index is 923. The van der Waals surface area contributed by atoms with Crippen LogP contribution < -0.4 is 15.5 Å². The summed E-state index contributed by atoms with van der Waals surface area (Å²) in [4.78, 5) is 22.9. The molecule has 0 bridgehead atoms. The molecule has 150 valence electrons. The number of benzene rings is 2. The second-order valence-corrected chi connectivity index (χ2v) is 6.44. The molecule has 7 heteroatoms. The number of nitrogens with one attached hydrogen (secondary N) is 2. The molecule has 6 nitrogen and oxygen atoms in total. The van der Waals surface area contributed by atoms with Gasteiger partial charge in [0.2, 0.25) is 0 Å². The number of rotatable bonds is 8. The van der Waals surface area contributed by atoms with Crippen molar-refractivity contribution < 1.29 is 9.18 Å². The topological polar surface area (TPSA) is 70.2 Å². The lowest BCUT2D eigenvalue weighted by Gasteiger charge is -2.21. The van der Waals surface area contributed by atoms with Crippen molar-refractivity contribution >= 4 is 23.1 Å². The molecule has 0 unspecified atom stereocenters. The Kier molecular flexibility index (Phi) is 6.73. The van der Waals surface area contributed by atoms with Gasteiger partial charge in [-0.25, -0.2) is 14.4 Å².